The zero-order chi connectivity index (χ0) is 16.7. The van der Waals surface area contributed by atoms with Crippen LogP contribution in [-0.2, 0) is 4.79 Å². The molecule has 0 radical (unpaired) electrons. The van der Waals surface area contributed by atoms with Crippen molar-refractivity contribution in [2.24, 2.45) is 0 Å². The summed E-state index contributed by atoms with van der Waals surface area (Å²) in [5.74, 6) is 0.475. The van der Waals surface area contributed by atoms with E-state index in [2.05, 4.69) is 50.0 Å². The molecule has 0 aromatic heterocycles. The highest BCUT2D eigenvalue weighted by Gasteiger charge is 2.18. The van der Waals surface area contributed by atoms with Gasteiger partial charge in [0.05, 0.1) is 5.25 Å². The van der Waals surface area contributed by atoms with Crippen LogP contribution in [0.5, 0.6) is 0 Å². The summed E-state index contributed by atoms with van der Waals surface area (Å²) >= 11 is 6.83. The Balaban J connectivity index is 2.58. The van der Waals surface area contributed by atoms with Gasteiger partial charge in [-0.15, -0.1) is 0 Å². The molecule has 0 aliphatic carbocycles. The third-order valence-electron chi connectivity index (χ3n) is 3.51. The maximum absolute atomic E-state index is 12.3. The average Bonchev–Trinajstić information content (AvgIpc) is 2.48. The first kappa shape index (κ1) is 19.0. The Morgan fingerprint density at radius 1 is 1.18 bits per heavy atom. The standard InChI is InChI=1S/C17H26N2OS2/c1-6-19(7-2)17(21)22-13(5)16(20)18-15-10-8-14(9-11-15)12(3)4/h8-13H,6-7H2,1-5H3,(H,18,20)/t13-/m0/s1. The van der Waals surface area contributed by atoms with Crippen molar-refractivity contribution in [1.29, 1.82) is 0 Å². The van der Waals surface area contributed by atoms with E-state index in [0.717, 1.165) is 23.1 Å². The van der Waals surface area contributed by atoms with Gasteiger partial charge < -0.3 is 10.2 Å². The Morgan fingerprint density at radius 3 is 2.18 bits per heavy atom. The zero-order valence-corrected chi connectivity index (χ0v) is 15.7. The molecule has 0 fully saturated rings. The number of nitrogens with zero attached hydrogens (tertiary/aromatic N) is 1. The summed E-state index contributed by atoms with van der Waals surface area (Å²) in [6.45, 7) is 12.1. The highest BCUT2D eigenvalue weighted by Crippen LogP contribution is 2.20. The number of nitrogens with one attached hydrogen (secondary N) is 1. The summed E-state index contributed by atoms with van der Waals surface area (Å²) in [5, 5.41) is 2.74. The van der Waals surface area contributed by atoms with Crippen LogP contribution in [0.4, 0.5) is 5.69 Å². The first-order valence-electron chi connectivity index (χ1n) is 7.75. The van der Waals surface area contributed by atoms with Crippen molar-refractivity contribution in [2.75, 3.05) is 18.4 Å². The fourth-order valence-corrected chi connectivity index (χ4v) is 3.52. The molecule has 1 amide bonds. The lowest BCUT2D eigenvalue weighted by Gasteiger charge is -2.23. The summed E-state index contributed by atoms with van der Waals surface area (Å²) < 4.78 is 0.780. The van der Waals surface area contributed by atoms with E-state index in [1.54, 1.807) is 0 Å². The largest absolute Gasteiger partial charge is 0.358 e. The first-order valence-corrected chi connectivity index (χ1v) is 9.04. The fraction of sp³-hybridized carbons (Fsp3) is 0.529. The van der Waals surface area contributed by atoms with Gasteiger partial charge >= 0.3 is 0 Å². The third-order valence-corrected chi connectivity index (χ3v) is 5.09. The van der Waals surface area contributed by atoms with E-state index < -0.39 is 0 Å². The predicted octanol–water partition coefficient (Wildman–Crippen LogP) is 4.50. The Kier molecular flexibility index (Phi) is 7.90. The van der Waals surface area contributed by atoms with E-state index in [9.17, 15) is 4.79 Å². The molecule has 0 heterocycles. The Labute approximate surface area is 143 Å². The fourth-order valence-electron chi connectivity index (χ4n) is 1.96. The second-order valence-electron chi connectivity index (χ2n) is 5.46. The van der Waals surface area contributed by atoms with E-state index in [1.807, 2.05) is 19.1 Å². The van der Waals surface area contributed by atoms with Crippen LogP contribution >= 0.6 is 24.0 Å². The smallest absolute Gasteiger partial charge is 0.237 e. The normalized spacial score (nSPS) is 12.1. The topological polar surface area (TPSA) is 32.3 Å². The van der Waals surface area contributed by atoms with Gasteiger partial charge in [0.2, 0.25) is 5.91 Å². The minimum atomic E-state index is -0.210. The lowest BCUT2D eigenvalue weighted by Crippen LogP contribution is -2.31. The molecule has 0 spiro atoms. The Hall–Kier alpha value is -1.07. The van der Waals surface area contributed by atoms with Gasteiger partial charge in [-0.25, -0.2) is 0 Å². The number of carbonyl (C=O) groups excluding carboxylic acids is 1. The molecule has 1 N–H and O–H groups in total. The number of amides is 1. The third kappa shape index (κ3) is 5.61. The van der Waals surface area contributed by atoms with Gasteiger partial charge in [0.1, 0.15) is 4.32 Å². The number of anilines is 1. The van der Waals surface area contributed by atoms with Gasteiger partial charge in [0.15, 0.2) is 0 Å². The van der Waals surface area contributed by atoms with Gasteiger partial charge in [-0.05, 0) is 44.4 Å². The van der Waals surface area contributed by atoms with Crippen LogP contribution in [0.15, 0.2) is 24.3 Å². The Morgan fingerprint density at radius 2 is 1.73 bits per heavy atom. The number of thiocarbonyl (C=S) groups is 1. The van der Waals surface area contributed by atoms with Crippen molar-refractivity contribution in [3.8, 4) is 0 Å². The predicted molar refractivity (Wildman–Crippen MR) is 102 cm³/mol. The molecule has 1 aromatic carbocycles. The number of benzene rings is 1. The molecule has 5 heteroatoms. The lowest BCUT2D eigenvalue weighted by atomic mass is 10.0. The molecule has 0 bridgehead atoms. The molecule has 0 unspecified atom stereocenters. The van der Waals surface area contributed by atoms with E-state index in [1.165, 1.54) is 17.3 Å². The SMILES string of the molecule is CCN(CC)C(=S)S[C@@H](C)C(=O)Nc1ccc(C(C)C)cc1. The van der Waals surface area contributed by atoms with Crippen LogP contribution in [0.3, 0.4) is 0 Å². The van der Waals surface area contributed by atoms with Gasteiger partial charge in [-0.1, -0.05) is 50.0 Å². The quantitative estimate of drug-likeness (QED) is 0.774. The number of carbonyl (C=O) groups is 1. The maximum atomic E-state index is 12.3. The molecular weight excluding hydrogens is 312 g/mol. The van der Waals surface area contributed by atoms with Crippen molar-refractivity contribution in [2.45, 2.75) is 45.8 Å². The molecule has 0 saturated carbocycles. The monoisotopic (exact) mass is 338 g/mol. The van der Waals surface area contributed by atoms with Crippen LogP contribution < -0.4 is 5.32 Å². The van der Waals surface area contributed by atoms with Crippen molar-refractivity contribution in [1.82, 2.24) is 4.90 Å². The van der Waals surface area contributed by atoms with Crippen molar-refractivity contribution < 1.29 is 4.79 Å². The van der Waals surface area contributed by atoms with Crippen molar-refractivity contribution in [3.05, 3.63) is 29.8 Å². The van der Waals surface area contributed by atoms with Crippen LogP contribution in [0.1, 0.15) is 46.1 Å². The summed E-state index contributed by atoms with van der Waals surface area (Å²) in [4.78, 5) is 14.3. The molecule has 1 atom stereocenters. The van der Waals surface area contributed by atoms with Gasteiger partial charge in [0, 0.05) is 18.8 Å². The number of hydrogen-bond acceptors (Lipinski definition) is 3. The van der Waals surface area contributed by atoms with Crippen LogP contribution in [-0.4, -0.2) is 33.5 Å². The van der Waals surface area contributed by atoms with Gasteiger partial charge in [0.25, 0.3) is 0 Å². The molecule has 0 aliphatic rings. The molecule has 122 valence electrons. The molecule has 1 rings (SSSR count). The lowest BCUT2D eigenvalue weighted by molar-refractivity contribution is -0.115. The summed E-state index contributed by atoms with van der Waals surface area (Å²) in [6.07, 6.45) is 0. The molecule has 0 saturated heterocycles. The highest BCUT2D eigenvalue weighted by atomic mass is 32.2. The molecule has 1 aromatic rings. The first-order chi connectivity index (χ1) is 10.4. The zero-order valence-electron chi connectivity index (χ0n) is 14.1. The van der Waals surface area contributed by atoms with Gasteiger partial charge in [-0.2, -0.15) is 0 Å². The summed E-state index contributed by atoms with van der Waals surface area (Å²) in [6, 6.07) is 8.01. The van der Waals surface area contributed by atoms with Crippen LogP contribution in [0.25, 0.3) is 0 Å². The second kappa shape index (κ2) is 9.16. The molecular formula is C17H26N2OS2. The van der Waals surface area contributed by atoms with Gasteiger partial charge in [-0.3, -0.25) is 4.79 Å². The second-order valence-corrected chi connectivity index (χ2v) is 7.44. The summed E-state index contributed by atoms with van der Waals surface area (Å²) in [7, 11) is 0. The number of hydrogen-bond donors (Lipinski definition) is 1. The molecule has 3 nitrogen and oxygen atoms in total. The van der Waals surface area contributed by atoms with E-state index >= 15 is 0 Å². The minimum Gasteiger partial charge on any atom is -0.358 e. The Bertz CT molecular complexity index is 496. The van der Waals surface area contributed by atoms with E-state index in [0.29, 0.717) is 5.92 Å². The molecule has 22 heavy (non-hydrogen) atoms. The average molecular weight is 339 g/mol. The van der Waals surface area contributed by atoms with E-state index in [4.69, 9.17) is 12.2 Å². The maximum Gasteiger partial charge on any atom is 0.237 e. The number of rotatable bonds is 6. The minimum absolute atomic E-state index is 0.0168. The van der Waals surface area contributed by atoms with E-state index in [-0.39, 0.29) is 11.2 Å². The van der Waals surface area contributed by atoms with Crippen molar-refractivity contribution >= 4 is 39.9 Å². The number of thioether (sulfide) groups is 1. The molecule has 0 aliphatic heterocycles. The van der Waals surface area contributed by atoms with Crippen LogP contribution in [0.2, 0.25) is 0 Å². The van der Waals surface area contributed by atoms with Crippen molar-refractivity contribution in [3.63, 3.8) is 0 Å². The highest BCUT2D eigenvalue weighted by molar-refractivity contribution is 8.23. The van der Waals surface area contributed by atoms with Crippen LogP contribution in [0, 0.1) is 0 Å². The summed E-state index contributed by atoms with van der Waals surface area (Å²) in [5.41, 5.74) is 2.10.